The van der Waals surface area contributed by atoms with Crippen LogP contribution in [0.25, 0.3) is 5.65 Å². The third-order valence-corrected chi connectivity index (χ3v) is 4.60. The summed E-state index contributed by atoms with van der Waals surface area (Å²) in [5.74, 6) is 0.0470. The van der Waals surface area contributed by atoms with Crippen molar-refractivity contribution in [1.82, 2.24) is 9.38 Å². The Labute approximate surface area is 125 Å². The third kappa shape index (κ3) is 2.53. The van der Waals surface area contributed by atoms with E-state index in [2.05, 4.69) is 9.71 Å². The van der Waals surface area contributed by atoms with Gasteiger partial charge in [-0.25, -0.2) is 4.98 Å². The van der Waals surface area contributed by atoms with Gasteiger partial charge in [0.2, 0.25) is 0 Å². The number of benzene rings is 1. The predicted molar refractivity (Wildman–Crippen MR) is 79.1 cm³/mol. The highest BCUT2D eigenvalue weighted by Gasteiger charge is 2.24. The molecule has 108 valence electrons. The van der Waals surface area contributed by atoms with Gasteiger partial charge in [0.25, 0.3) is 10.0 Å². The zero-order chi connectivity index (χ0) is 15.0. The summed E-state index contributed by atoms with van der Waals surface area (Å²) >= 11 is 5.95. The molecule has 0 aliphatic rings. The van der Waals surface area contributed by atoms with Crippen molar-refractivity contribution in [2.45, 2.75) is 5.03 Å². The maximum atomic E-state index is 12.5. The first-order valence-corrected chi connectivity index (χ1v) is 7.78. The van der Waals surface area contributed by atoms with E-state index in [9.17, 15) is 13.5 Å². The van der Waals surface area contributed by atoms with Gasteiger partial charge in [0.1, 0.15) is 11.4 Å². The molecular formula is C13H10ClN3O3S. The molecule has 0 aliphatic carbocycles. The van der Waals surface area contributed by atoms with Crippen LogP contribution >= 0.6 is 11.6 Å². The van der Waals surface area contributed by atoms with Gasteiger partial charge in [-0.3, -0.25) is 9.12 Å². The standard InChI is InChI=1S/C13H10ClN3O3S/c14-12-13(17-8-2-1-3-11(17)15-12)21(19,20)16-9-4-6-10(18)7-5-9/h1-8,16,18H. The summed E-state index contributed by atoms with van der Waals surface area (Å²) in [6.07, 6.45) is 1.57. The first-order valence-electron chi connectivity index (χ1n) is 5.92. The Kier molecular flexibility index (Phi) is 3.23. The second-order valence-corrected chi connectivity index (χ2v) is 6.24. The average Bonchev–Trinajstić information content (AvgIpc) is 2.77. The Balaban J connectivity index is 2.08. The summed E-state index contributed by atoms with van der Waals surface area (Å²) in [7, 11) is -3.90. The number of rotatable bonds is 3. The summed E-state index contributed by atoms with van der Waals surface area (Å²) in [5, 5.41) is 8.98. The number of phenolic OH excluding ortho intramolecular Hbond substituents is 1. The Morgan fingerprint density at radius 2 is 1.86 bits per heavy atom. The van der Waals surface area contributed by atoms with E-state index < -0.39 is 10.0 Å². The van der Waals surface area contributed by atoms with E-state index in [1.807, 2.05) is 0 Å². The highest BCUT2D eigenvalue weighted by molar-refractivity contribution is 7.92. The zero-order valence-corrected chi connectivity index (χ0v) is 12.1. The topological polar surface area (TPSA) is 83.7 Å². The molecule has 2 heterocycles. The van der Waals surface area contributed by atoms with E-state index in [1.165, 1.54) is 28.7 Å². The van der Waals surface area contributed by atoms with Gasteiger partial charge in [-0.2, -0.15) is 8.42 Å². The predicted octanol–water partition coefficient (Wildman–Crippen LogP) is 2.49. The van der Waals surface area contributed by atoms with Crippen LogP contribution in [0, 0.1) is 0 Å². The minimum Gasteiger partial charge on any atom is -0.508 e. The number of hydrogen-bond acceptors (Lipinski definition) is 4. The molecule has 3 rings (SSSR count). The van der Waals surface area contributed by atoms with Crippen LogP contribution in [0.5, 0.6) is 5.75 Å². The van der Waals surface area contributed by atoms with Crippen LogP contribution < -0.4 is 4.72 Å². The molecule has 3 aromatic rings. The average molecular weight is 324 g/mol. The number of nitrogens with one attached hydrogen (secondary N) is 1. The van der Waals surface area contributed by atoms with Crippen LogP contribution in [0.3, 0.4) is 0 Å². The first kappa shape index (κ1) is 13.7. The molecule has 0 spiro atoms. The van der Waals surface area contributed by atoms with Crippen molar-refractivity contribution in [3.05, 3.63) is 53.8 Å². The fraction of sp³-hybridized carbons (Fsp3) is 0. The van der Waals surface area contributed by atoms with Crippen LogP contribution in [-0.4, -0.2) is 22.9 Å². The van der Waals surface area contributed by atoms with Crippen molar-refractivity contribution in [3.63, 3.8) is 0 Å². The Bertz CT molecular complexity index is 904. The lowest BCUT2D eigenvalue weighted by atomic mass is 10.3. The quantitative estimate of drug-likeness (QED) is 0.725. The minimum absolute atomic E-state index is 0.0470. The fourth-order valence-electron chi connectivity index (χ4n) is 1.92. The number of halogens is 1. The monoisotopic (exact) mass is 323 g/mol. The Morgan fingerprint density at radius 3 is 2.57 bits per heavy atom. The Morgan fingerprint density at radius 1 is 1.14 bits per heavy atom. The van der Waals surface area contributed by atoms with Crippen molar-refractivity contribution in [2.24, 2.45) is 0 Å². The van der Waals surface area contributed by atoms with E-state index >= 15 is 0 Å². The van der Waals surface area contributed by atoms with Gasteiger partial charge in [0, 0.05) is 11.9 Å². The number of nitrogens with zero attached hydrogens (tertiary/aromatic N) is 2. The van der Waals surface area contributed by atoms with Crippen LogP contribution in [0.2, 0.25) is 5.15 Å². The van der Waals surface area contributed by atoms with Gasteiger partial charge < -0.3 is 5.11 Å². The highest BCUT2D eigenvalue weighted by Crippen LogP contribution is 2.25. The fourth-order valence-corrected chi connectivity index (χ4v) is 3.62. The van der Waals surface area contributed by atoms with Gasteiger partial charge in [0.05, 0.1) is 0 Å². The first-order chi connectivity index (χ1) is 9.97. The number of pyridine rings is 1. The molecule has 8 heteroatoms. The van der Waals surface area contributed by atoms with Gasteiger partial charge in [-0.05, 0) is 36.4 Å². The Hall–Kier alpha value is -2.25. The summed E-state index contributed by atoms with van der Waals surface area (Å²) in [5.41, 5.74) is 0.753. The minimum atomic E-state index is -3.90. The number of aromatic nitrogens is 2. The van der Waals surface area contributed by atoms with E-state index in [4.69, 9.17) is 11.6 Å². The van der Waals surface area contributed by atoms with Crippen LogP contribution in [0.4, 0.5) is 5.69 Å². The number of hydrogen-bond donors (Lipinski definition) is 2. The lowest BCUT2D eigenvalue weighted by molar-refractivity contribution is 0.475. The molecule has 0 amide bonds. The SMILES string of the molecule is O=S(=O)(Nc1ccc(O)cc1)c1c(Cl)nc2ccccn12. The molecule has 0 saturated carbocycles. The number of anilines is 1. The molecule has 0 atom stereocenters. The molecule has 21 heavy (non-hydrogen) atoms. The lowest BCUT2D eigenvalue weighted by Gasteiger charge is -2.08. The van der Waals surface area contributed by atoms with Gasteiger partial charge in [-0.15, -0.1) is 0 Å². The number of imidazole rings is 1. The van der Waals surface area contributed by atoms with Crippen molar-refractivity contribution in [1.29, 1.82) is 0 Å². The third-order valence-electron chi connectivity index (χ3n) is 2.82. The molecule has 2 N–H and O–H groups in total. The van der Waals surface area contributed by atoms with E-state index in [-0.39, 0.29) is 15.9 Å². The molecule has 0 fully saturated rings. The van der Waals surface area contributed by atoms with Crippen LogP contribution in [0.1, 0.15) is 0 Å². The molecule has 0 bridgehead atoms. The van der Waals surface area contributed by atoms with Gasteiger partial charge in [0.15, 0.2) is 10.2 Å². The number of aromatic hydroxyl groups is 1. The van der Waals surface area contributed by atoms with Crippen molar-refractivity contribution < 1.29 is 13.5 Å². The second kappa shape index (κ2) is 4.94. The van der Waals surface area contributed by atoms with E-state index in [0.29, 0.717) is 11.3 Å². The molecule has 0 radical (unpaired) electrons. The molecule has 0 unspecified atom stereocenters. The molecule has 0 aliphatic heterocycles. The normalized spacial score (nSPS) is 11.7. The van der Waals surface area contributed by atoms with E-state index in [0.717, 1.165) is 0 Å². The largest absolute Gasteiger partial charge is 0.508 e. The maximum Gasteiger partial charge on any atom is 0.281 e. The number of phenols is 1. The molecular weight excluding hydrogens is 314 g/mol. The number of sulfonamides is 1. The molecule has 0 saturated heterocycles. The zero-order valence-electron chi connectivity index (χ0n) is 10.6. The summed E-state index contributed by atoms with van der Waals surface area (Å²) in [4.78, 5) is 4.00. The van der Waals surface area contributed by atoms with Gasteiger partial charge >= 0.3 is 0 Å². The highest BCUT2D eigenvalue weighted by atomic mass is 35.5. The van der Waals surface area contributed by atoms with Crippen LogP contribution in [-0.2, 0) is 10.0 Å². The van der Waals surface area contributed by atoms with E-state index in [1.54, 1.807) is 24.4 Å². The van der Waals surface area contributed by atoms with Crippen molar-refractivity contribution in [2.75, 3.05) is 4.72 Å². The van der Waals surface area contributed by atoms with Gasteiger partial charge in [-0.1, -0.05) is 17.7 Å². The molecule has 2 aromatic heterocycles. The second-order valence-electron chi connectivity index (χ2n) is 4.29. The maximum absolute atomic E-state index is 12.5. The lowest BCUT2D eigenvalue weighted by Crippen LogP contribution is -2.15. The molecule has 1 aromatic carbocycles. The summed E-state index contributed by atoms with van der Waals surface area (Å²) in [6.45, 7) is 0. The van der Waals surface area contributed by atoms with Crippen molar-refractivity contribution in [3.8, 4) is 5.75 Å². The smallest absolute Gasteiger partial charge is 0.281 e. The summed E-state index contributed by atoms with van der Waals surface area (Å²) < 4.78 is 28.7. The molecule has 6 nitrogen and oxygen atoms in total. The van der Waals surface area contributed by atoms with Crippen LogP contribution in [0.15, 0.2) is 53.7 Å². The summed E-state index contributed by atoms with van der Waals surface area (Å²) in [6, 6.07) is 10.7. The number of fused-ring (bicyclic) bond motifs is 1. The van der Waals surface area contributed by atoms with Crippen molar-refractivity contribution >= 4 is 33.0 Å².